The Balaban J connectivity index is 2.13. The van der Waals surface area contributed by atoms with E-state index in [1.807, 2.05) is 32.0 Å². The molecule has 2 amide bonds. The summed E-state index contributed by atoms with van der Waals surface area (Å²) in [5.41, 5.74) is 2.85. The molecule has 0 saturated carbocycles. The van der Waals surface area contributed by atoms with Gasteiger partial charge in [-0.05, 0) is 37.1 Å². The summed E-state index contributed by atoms with van der Waals surface area (Å²) in [4.78, 5) is 26.4. The van der Waals surface area contributed by atoms with Crippen LogP contribution in [0.2, 0.25) is 0 Å². The number of hydrogen-bond acceptors (Lipinski definition) is 5. The quantitative estimate of drug-likeness (QED) is 0.735. The molecule has 0 bridgehead atoms. The van der Waals surface area contributed by atoms with Crippen molar-refractivity contribution in [2.45, 2.75) is 20.3 Å². The fourth-order valence-corrected chi connectivity index (χ4v) is 2.75. The van der Waals surface area contributed by atoms with Gasteiger partial charge in [-0.25, -0.2) is 0 Å². The van der Waals surface area contributed by atoms with Gasteiger partial charge in [0.1, 0.15) is 5.75 Å². The molecule has 0 aliphatic heterocycles. The Kier molecular flexibility index (Phi) is 7.47. The van der Waals surface area contributed by atoms with Gasteiger partial charge in [0.05, 0.1) is 38.5 Å². The van der Waals surface area contributed by atoms with Crippen LogP contribution in [-0.4, -0.2) is 51.6 Å². The highest BCUT2D eigenvalue weighted by molar-refractivity contribution is 6.04. The predicted octanol–water partition coefficient (Wildman–Crippen LogP) is 3.43. The number of carbonyl (C=O) groups is 2. The lowest BCUT2D eigenvalue weighted by Crippen LogP contribution is -2.24. The van der Waals surface area contributed by atoms with Crippen LogP contribution in [0.25, 0.3) is 0 Å². The summed E-state index contributed by atoms with van der Waals surface area (Å²) in [6.45, 7) is 4.21. The number of anilines is 1. The lowest BCUT2D eigenvalue weighted by atomic mass is 10.1. The Hall–Kier alpha value is -3.22. The molecule has 0 unspecified atom stereocenters. The highest BCUT2D eigenvalue weighted by atomic mass is 16.5. The van der Waals surface area contributed by atoms with Gasteiger partial charge in [-0.3, -0.25) is 9.59 Å². The molecule has 0 heterocycles. The number of ether oxygens (including phenoxy) is 3. The van der Waals surface area contributed by atoms with Crippen LogP contribution in [0, 0.1) is 13.8 Å². The summed E-state index contributed by atoms with van der Waals surface area (Å²) in [6.07, 6.45) is 0.136. The summed E-state index contributed by atoms with van der Waals surface area (Å²) >= 11 is 0. The van der Waals surface area contributed by atoms with Gasteiger partial charge in [0.25, 0.3) is 5.91 Å². The van der Waals surface area contributed by atoms with Crippen LogP contribution in [0.4, 0.5) is 5.69 Å². The molecule has 29 heavy (non-hydrogen) atoms. The van der Waals surface area contributed by atoms with Crippen LogP contribution in [0.1, 0.15) is 27.9 Å². The molecule has 2 rings (SSSR count). The number of amides is 2. The fraction of sp³-hybridized carbons (Fsp3) is 0.364. The van der Waals surface area contributed by atoms with Crippen molar-refractivity contribution >= 4 is 17.5 Å². The number of nitrogens with one attached hydrogen (secondary N) is 1. The minimum Gasteiger partial charge on any atom is -0.493 e. The van der Waals surface area contributed by atoms with E-state index in [9.17, 15) is 9.59 Å². The average Bonchev–Trinajstić information content (AvgIpc) is 2.70. The van der Waals surface area contributed by atoms with Crippen LogP contribution in [-0.2, 0) is 4.79 Å². The van der Waals surface area contributed by atoms with E-state index in [0.29, 0.717) is 22.7 Å². The Labute approximate surface area is 171 Å². The maximum Gasteiger partial charge on any atom is 0.255 e. The first kappa shape index (κ1) is 22.1. The first-order valence-corrected chi connectivity index (χ1v) is 9.25. The van der Waals surface area contributed by atoms with Gasteiger partial charge in [-0.2, -0.15) is 0 Å². The van der Waals surface area contributed by atoms with Gasteiger partial charge in [-0.15, -0.1) is 0 Å². The van der Waals surface area contributed by atoms with Crippen molar-refractivity contribution in [2.24, 2.45) is 0 Å². The molecule has 0 saturated heterocycles. The SMILES string of the molecule is COc1cc(NC(=O)CCOc2cccc(C)c2C)c(C(=O)N(C)C)cc1OC. The van der Waals surface area contributed by atoms with Gasteiger partial charge in [0.15, 0.2) is 11.5 Å². The van der Waals surface area contributed by atoms with Crippen LogP contribution < -0.4 is 19.5 Å². The van der Waals surface area contributed by atoms with Crippen LogP contribution >= 0.6 is 0 Å². The summed E-state index contributed by atoms with van der Waals surface area (Å²) < 4.78 is 16.3. The van der Waals surface area contributed by atoms with E-state index in [-0.39, 0.29) is 24.8 Å². The van der Waals surface area contributed by atoms with Crippen molar-refractivity contribution in [1.82, 2.24) is 4.90 Å². The van der Waals surface area contributed by atoms with Crippen LogP contribution in [0.3, 0.4) is 0 Å². The number of nitrogens with zero attached hydrogens (tertiary/aromatic N) is 1. The topological polar surface area (TPSA) is 77.1 Å². The zero-order valence-electron chi connectivity index (χ0n) is 17.8. The van der Waals surface area contributed by atoms with Crippen molar-refractivity contribution in [2.75, 3.05) is 40.2 Å². The van der Waals surface area contributed by atoms with Gasteiger partial charge in [0, 0.05) is 20.2 Å². The van der Waals surface area contributed by atoms with E-state index in [0.717, 1.165) is 16.9 Å². The largest absolute Gasteiger partial charge is 0.493 e. The van der Waals surface area contributed by atoms with Crippen molar-refractivity contribution < 1.29 is 23.8 Å². The predicted molar refractivity (Wildman–Crippen MR) is 112 cm³/mol. The van der Waals surface area contributed by atoms with Gasteiger partial charge >= 0.3 is 0 Å². The van der Waals surface area contributed by atoms with E-state index in [4.69, 9.17) is 14.2 Å². The number of hydrogen-bond donors (Lipinski definition) is 1. The Morgan fingerprint density at radius 1 is 1.00 bits per heavy atom. The van der Waals surface area contributed by atoms with Gasteiger partial charge in [0.2, 0.25) is 5.91 Å². The number of aryl methyl sites for hydroxylation is 1. The molecule has 0 fully saturated rings. The van der Waals surface area contributed by atoms with E-state index in [1.54, 1.807) is 26.2 Å². The third-order valence-corrected chi connectivity index (χ3v) is 4.58. The fourth-order valence-electron chi connectivity index (χ4n) is 2.75. The lowest BCUT2D eigenvalue weighted by Gasteiger charge is -2.18. The minimum atomic E-state index is -0.268. The number of carbonyl (C=O) groups excluding carboxylic acids is 2. The second-order valence-corrected chi connectivity index (χ2v) is 6.80. The van der Waals surface area contributed by atoms with E-state index in [1.165, 1.54) is 19.1 Å². The molecule has 7 heteroatoms. The molecule has 2 aromatic rings. The summed E-state index contributed by atoms with van der Waals surface area (Å²) in [6, 6.07) is 8.95. The Bertz CT molecular complexity index is 893. The molecule has 2 aromatic carbocycles. The van der Waals surface area contributed by atoms with Crippen molar-refractivity contribution in [3.63, 3.8) is 0 Å². The molecule has 0 spiro atoms. The number of methoxy groups -OCH3 is 2. The van der Waals surface area contributed by atoms with Crippen LogP contribution in [0.15, 0.2) is 30.3 Å². The smallest absolute Gasteiger partial charge is 0.255 e. The number of rotatable bonds is 8. The van der Waals surface area contributed by atoms with Crippen molar-refractivity contribution in [1.29, 1.82) is 0 Å². The highest BCUT2D eigenvalue weighted by Gasteiger charge is 2.20. The van der Waals surface area contributed by atoms with Crippen LogP contribution in [0.5, 0.6) is 17.2 Å². The maximum absolute atomic E-state index is 12.5. The third-order valence-electron chi connectivity index (χ3n) is 4.58. The molecule has 0 radical (unpaired) electrons. The van der Waals surface area contributed by atoms with Gasteiger partial charge in [-0.1, -0.05) is 12.1 Å². The summed E-state index contributed by atoms with van der Waals surface area (Å²) in [5.74, 6) is 1.06. The minimum absolute atomic E-state index is 0.136. The first-order valence-electron chi connectivity index (χ1n) is 9.25. The van der Waals surface area contributed by atoms with E-state index >= 15 is 0 Å². The third kappa shape index (κ3) is 5.40. The summed E-state index contributed by atoms with van der Waals surface area (Å²) in [5, 5.41) is 2.78. The number of benzene rings is 2. The normalized spacial score (nSPS) is 10.3. The van der Waals surface area contributed by atoms with Crippen molar-refractivity contribution in [3.8, 4) is 17.2 Å². The Morgan fingerprint density at radius 3 is 2.28 bits per heavy atom. The molecule has 7 nitrogen and oxygen atoms in total. The highest BCUT2D eigenvalue weighted by Crippen LogP contribution is 2.34. The average molecular weight is 400 g/mol. The molecule has 0 aliphatic carbocycles. The van der Waals surface area contributed by atoms with E-state index in [2.05, 4.69) is 5.32 Å². The molecule has 0 atom stereocenters. The Morgan fingerprint density at radius 2 is 1.66 bits per heavy atom. The molecule has 0 aromatic heterocycles. The summed E-state index contributed by atoms with van der Waals surface area (Å²) in [7, 11) is 6.27. The molecule has 156 valence electrons. The molecule has 1 N–H and O–H groups in total. The first-order chi connectivity index (χ1) is 13.8. The van der Waals surface area contributed by atoms with E-state index < -0.39 is 0 Å². The maximum atomic E-state index is 12.5. The standard InChI is InChI=1S/C22H28N2O5/c1-14-8-7-9-18(15(14)2)29-11-10-21(25)23-17-13-20(28-6)19(27-5)12-16(17)22(26)24(3)4/h7-9,12-13H,10-11H2,1-6H3,(H,23,25). The second-order valence-electron chi connectivity index (χ2n) is 6.80. The van der Waals surface area contributed by atoms with Gasteiger partial charge < -0.3 is 24.4 Å². The zero-order valence-corrected chi connectivity index (χ0v) is 17.8. The molecular weight excluding hydrogens is 372 g/mol. The molecule has 0 aliphatic rings. The zero-order chi connectivity index (χ0) is 21.6. The van der Waals surface area contributed by atoms with Crippen molar-refractivity contribution in [3.05, 3.63) is 47.0 Å². The second kappa shape index (κ2) is 9.82. The molecular formula is C22H28N2O5. The lowest BCUT2D eigenvalue weighted by molar-refractivity contribution is -0.116. The monoisotopic (exact) mass is 400 g/mol.